The smallest absolute Gasteiger partial charge is 0.343 e. The molecule has 1 atom stereocenters. The Balaban J connectivity index is 1.82. The molecule has 0 spiro atoms. The maximum Gasteiger partial charge on any atom is 0.343 e. The molecule has 0 bridgehead atoms. The molecule has 162 valence electrons. The number of hydrogen-bond acceptors (Lipinski definition) is 6. The van der Waals surface area contributed by atoms with Gasteiger partial charge in [-0.25, -0.2) is 9.78 Å². The predicted octanol–water partition coefficient (Wildman–Crippen LogP) is 3.64. The van der Waals surface area contributed by atoms with Gasteiger partial charge >= 0.3 is 5.97 Å². The molecule has 1 aromatic carbocycles. The van der Waals surface area contributed by atoms with E-state index >= 15 is 0 Å². The third kappa shape index (κ3) is 4.03. The molecule has 1 saturated heterocycles. The van der Waals surface area contributed by atoms with Crippen molar-refractivity contribution in [3.63, 3.8) is 0 Å². The highest BCUT2D eigenvalue weighted by molar-refractivity contribution is 6.02. The first-order valence-corrected chi connectivity index (χ1v) is 10.5. The molecule has 2 aromatic heterocycles. The highest BCUT2D eigenvalue weighted by Crippen LogP contribution is 2.27. The van der Waals surface area contributed by atoms with Crippen LogP contribution in [0.15, 0.2) is 24.4 Å². The number of amides is 1. The van der Waals surface area contributed by atoms with Crippen molar-refractivity contribution in [1.82, 2.24) is 14.8 Å². The number of anilines is 1. The van der Waals surface area contributed by atoms with Gasteiger partial charge in [0.05, 0.1) is 18.3 Å². The minimum atomic E-state index is -0.555. The van der Waals surface area contributed by atoms with Crippen molar-refractivity contribution in [3.05, 3.63) is 46.6 Å². The zero-order chi connectivity index (χ0) is 22.1. The molecular formula is C23H26N4O4. The van der Waals surface area contributed by atoms with Gasteiger partial charge in [-0.2, -0.15) is 9.78 Å². The molecule has 1 N–H and O–H groups in total. The van der Waals surface area contributed by atoms with Crippen molar-refractivity contribution in [3.8, 4) is 5.82 Å². The number of carbonyl (C=O) groups excluding carboxylic acids is 2. The topological polar surface area (TPSA) is 95.3 Å². The maximum absolute atomic E-state index is 12.8. The molecule has 3 aromatic rings. The quantitative estimate of drug-likeness (QED) is 0.631. The van der Waals surface area contributed by atoms with E-state index in [1.165, 1.54) is 10.9 Å². The van der Waals surface area contributed by atoms with Gasteiger partial charge in [-0.1, -0.05) is 11.6 Å². The molecule has 3 heterocycles. The van der Waals surface area contributed by atoms with Crippen molar-refractivity contribution in [1.29, 1.82) is 0 Å². The molecule has 31 heavy (non-hydrogen) atoms. The number of pyridine rings is 1. The Morgan fingerprint density at radius 3 is 2.74 bits per heavy atom. The van der Waals surface area contributed by atoms with Gasteiger partial charge in [-0.3, -0.25) is 4.79 Å². The van der Waals surface area contributed by atoms with E-state index in [1.807, 2.05) is 19.9 Å². The van der Waals surface area contributed by atoms with Crippen molar-refractivity contribution in [2.75, 3.05) is 18.5 Å². The first kappa shape index (κ1) is 21.0. The van der Waals surface area contributed by atoms with Crippen molar-refractivity contribution < 1.29 is 19.1 Å². The van der Waals surface area contributed by atoms with Crippen LogP contribution in [-0.4, -0.2) is 46.0 Å². The van der Waals surface area contributed by atoms with Gasteiger partial charge in [0.25, 0.3) is 5.91 Å². The van der Waals surface area contributed by atoms with Crippen molar-refractivity contribution in [2.24, 2.45) is 0 Å². The summed E-state index contributed by atoms with van der Waals surface area (Å²) in [7, 11) is 0. The van der Waals surface area contributed by atoms with E-state index in [0.29, 0.717) is 18.8 Å². The number of nitrogens with one attached hydrogen (secondary N) is 1. The fraction of sp³-hybridized carbons (Fsp3) is 0.391. The molecule has 0 radical (unpaired) electrons. The molecule has 1 amide bonds. The molecule has 1 aliphatic heterocycles. The third-order valence-electron chi connectivity index (χ3n) is 5.39. The van der Waals surface area contributed by atoms with Crippen LogP contribution < -0.4 is 5.32 Å². The monoisotopic (exact) mass is 422 g/mol. The number of aryl methyl sites for hydroxylation is 3. The second-order valence-corrected chi connectivity index (χ2v) is 7.81. The molecule has 1 fully saturated rings. The molecule has 0 saturated carbocycles. The van der Waals surface area contributed by atoms with E-state index in [0.717, 1.165) is 34.0 Å². The van der Waals surface area contributed by atoms with E-state index in [2.05, 4.69) is 29.5 Å². The van der Waals surface area contributed by atoms with E-state index in [-0.39, 0.29) is 23.9 Å². The van der Waals surface area contributed by atoms with E-state index in [9.17, 15) is 9.59 Å². The van der Waals surface area contributed by atoms with Crippen LogP contribution in [0.1, 0.15) is 46.8 Å². The number of fused-ring (bicyclic) bond motifs is 1. The minimum Gasteiger partial charge on any atom is -0.462 e. The Kier molecular flexibility index (Phi) is 5.73. The molecule has 8 nitrogen and oxygen atoms in total. The lowest BCUT2D eigenvalue weighted by atomic mass is 10.0. The number of carbonyl (C=O) groups is 2. The van der Waals surface area contributed by atoms with Gasteiger partial charge in [-0.15, -0.1) is 0 Å². The number of benzene rings is 1. The number of hydrogen-bond donors (Lipinski definition) is 1. The fourth-order valence-electron chi connectivity index (χ4n) is 3.92. The zero-order valence-electron chi connectivity index (χ0n) is 18.2. The number of nitrogens with zero attached hydrogens (tertiary/aromatic N) is 3. The third-order valence-corrected chi connectivity index (χ3v) is 5.39. The van der Waals surface area contributed by atoms with Gasteiger partial charge < -0.3 is 14.8 Å². The first-order chi connectivity index (χ1) is 14.9. The van der Waals surface area contributed by atoms with Crippen LogP contribution in [0.4, 0.5) is 5.82 Å². The molecule has 8 heteroatoms. The van der Waals surface area contributed by atoms with Crippen LogP contribution in [0.25, 0.3) is 16.7 Å². The Labute approximate surface area is 180 Å². The van der Waals surface area contributed by atoms with Crippen LogP contribution in [0.5, 0.6) is 0 Å². The van der Waals surface area contributed by atoms with Crippen LogP contribution in [0, 0.1) is 20.8 Å². The molecule has 1 unspecified atom stereocenters. The van der Waals surface area contributed by atoms with Crippen LogP contribution in [0.2, 0.25) is 0 Å². The summed E-state index contributed by atoms with van der Waals surface area (Å²) in [5.41, 5.74) is 4.26. The van der Waals surface area contributed by atoms with Crippen LogP contribution in [0.3, 0.4) is 0 Å². The SMILES string of the molecule is CCOC(=O)c1cnn(-c2cc(C)c3cc(C)cc(C)c3n2)c1NC(=O)C1CCCO1. The van der Waals surface area contributed by atoms with Gasteiger partial charge in [0.15, 0.2) is 11.6 Å². The second kappa shape index (κ2) is 8.47. The summed E-state index contributed by atoms with van der Waals surface area (Å²) in [6.45, 7) is 8.57. The van der Waals surface area contributed by atoms with Gasteiger partial charge in [0.1, 0.15) is 11.7 Å². The summed E-state index contributed by atoms with van der Waals surface area (Å²) in [5.74, 6) is -0.125. The largest absolute Gasteiger partial charge is 0.462 e. The van der Waals surface area contributed by atoms with E-state index < -0.39 is 12.1 Å². The number of esters is 1. The number of rotatable bonds is 5. The molecule has 1 aliphatic rings. The normalized spacial score (nSPS) is 15.9. The fourth-order valence-corrected chi connectivity index (χ4v) is 3.92. The van der Waals surface area contributed by atoms with Crippen LogP contribution in [-0.2, 0) is 14.3 Å². The Bertz CT molecular complexity index is 1160. The maximum atomic E-state index is 12.8. The molecule has 0 aliphatic carbocycles. The summed E-state index contributed by atoms with van der Waals surface area (Å²) < 4.78 is 12.1. The molecule has 4 rings (SSSR count). The van der Waals surface area contributed by atoms with Crippen LogP contribution >= 0.6 is 0 Å². The summed E-state index contributed by atoms with van der Waals surface area (Å²) >= 11 is 0. The molecular weight excluding hydrogens is 396 g/mol. The highest BCUT2D eigenvalue weighted by Gasteiger charge is 2.28. The predicted molar refractivity (Wildman–Crippen MR) is 117 cm³/mol. The summed E-state index contributed by atoms with van der Waals surface area (Å²) in [4.78, 5) is 30.1. The second-order valence-electron chi connectivity index (χ2n) is 7.81. The Morgan fingerprint density at radius 2 is 2.03 bits per heavy atom. The average molecular weight is 422 g/mol. The first-order valence-electron chi connectivity index (χ1n) is 10.5. The van der Waals surface area contributed by atoms with Crippen molar-refractivity contribution in [2.45, 2.75) is 46.6 Å². The zero-order valence-corrected chi connectivity index (χ0v) is 18.2. The minimum absolute atomic E-state index is 0.174. The summed E-state index contributed by atoms with van der Waals surface area (Å²) in [6, 6.07) is 6.07. The number of aromatic nitrogens is 3. The highest BCUT2D eigenvalue weighted by atomic mass is 16.5. The average Bonchev–Trinajstić information content (AvgIpc) is 3.39. The van der Waals surface area contributed by atoms with Gasteiger partial charge in [0.2, 0.25) is 0 Å². The lowest BCUT2D eigenvalue weighted by Gasteiger charge is -2.15. The van der Waals surface area contributed by atoms with E-state index in [4.69, 9.17) is 14.5 Å². The number of ether oxygens (including phenoxy) is 2. The standard InChI is InChI=1S/C23H26N4O4/c1-5-30-23(29)17-12-24-27(21(17)26-22(28)18-7-6-8-31-18)19-11-14(3)16-10-13(2)9-15(4)20(16)25-19/h9-12,18H,5-8H2,1-4H3,(H,26,28). The van der Waals surface area contributed by atoms with Crippen molar-refractivity contribution >= 4 is 28.6 Å². The Morgan fingerprint density at radius 1 is 1.23 bits per heavy atom. The van der Waals surface area contributed by atoms with E-state index in [1.54, 1.807) is 6.92 Å². The lowest BCUT2D eigenvalue weighted by molar-refractivity contribution is -0.124. The summed E-state index contributed by atoms with van der Waals surface area (Å²) in [6.07, 6.45) is 2.31. The van der Waals surface area contributed by atoms with Gasteiger partial charge in [0, 0.05) is 12.0 Å². The lowest BCUT2D eigenvalue weighted by Crippen LogP contribution is -2.29. The van der Waals surface area contributed by atoms with Gasteiger partial charge in [-0.05, 0) is 63.8 Å². The Hall–Kier alpha value is -3.26. The summed E-state index contributed by atoms with van der Waals surface area (Å²) in [5, 5.41) is 8.25.